The molecule has 0 aromatic carbocycles. The van der Waals surface area contributed by atoms with Crippen molar-refractivity contribution in [1.82, 2.24) is 20.2 Å². The summed E-state index contributed by atoms with van der Waals surface area (Å²) in [5.41, 5.74) is 1.13. The van der Waals surface area contributed by atoms with E-state index >= 15 is 0 Å². The van der Waals surface area contributed by atoms with Crippen molar-refractivity contribution in [1.29, 1.82) is 0 Å². The Hall–Kier alpha value is -1.90. The van der Waals surface area contributed by atoms with Crippen LogP contribution in [0.15, 0.2) is 0 Å². The average molecular weight is 397 g/mol. The quantitative estimate of drug-likeness (QED) is 0.670. The molecule has 9 heteroatoms. The number of nitrogens with one attached hydrogen (secondary N) is 2. The lowest BCUT2D eigenvalue weighted by molar-refractivity contribution is 0.0925. The third-order valence-corrected chi connectivity index (χ3v) is 6.94. The summed E-state index contributed by atoms with van der Waals surface area (Å²) in [4.78, 5) is 29.6. The van der Waals surface area contributed by atoms with Gasteiger partial charge in [0, 0.05) is 19.1 Å². The van der Waals surface area contributed by atoms with Gasteiger partial charge in [-0.1, -0.05) is 19.8 Å². The smallest absolute Gasteiger partial charge is 0.287 e. The van der Waals surface area contributed by atoms with Gasteiger partial charge in [0.15, 0.2) is 15.7 Å². The number of fused-ring (bicyclic) bond motifs is 1. The van der Waals surface area contributed by atoms with E-state index in [-0.39, 0.29) is 29.3 Å². The lowest BCUT2D eigenvalue weighted by Crippen LogP contribution is -2.37. The minimum absolute atomic E-state index is 0.0307. The average Bonchev–Trinajstić information content (AvgIpc) is 3.18. The zero-order valence-corrected chi connectivity index (χ0v) is 16.6. The number of carbonyl (C=O) groups is 2. The van der Waals surface area contributed by atoms with Crippen LogP contribution in [0.2, 0.25) is 0 Å². The van der Waals surface area contributed by atoms with E-state index in [9.17, 15) is 18.0 Å². The van der Waals surface area contributed by atoms with Crippen LogP contribution in [0.3, 0.4) is 0 Å². The van der Waals surface area contributed by atoms with Crippen molar-refractivity contribution in [3.05, 3.63) is 17.2 Å². The second-order valence-electron chi connectivity index (χ2n) is 7.38. The minimum atomic E-state index is -3.07. The zero-order valence-electron chi connectivity index (χ0n) is 15.8. The van der Waals surface area contributed by atoms with Crippen LogP contribution in [0.5, 0.6) is 0 Å². The number of aromatic nitrogens is 2. The van der Waals surface area contributed by atoms with Crippen molar-refractivity contribution in [2.75, 3.05) is 18.1 Å². The molecule has 1 saturated heterocycles. The topological polar surface area (TPSA) is 110 Å². The van der Waals surface area contributed by atoms with Gasteiger partial charge in [0.1, 0.15) is 5.69 Å². The molecule has 1 unspecified atom stereocenters. The predicted molar refractivity (Wildman–Crippen MR) is 102 cm³/mol. The van der Waals surface area contributed by atoms with Crippen LogP contribution in [0.4, 0.5) is 0 Å². The first-order valence-corrected chi connectivity index (χ1v) is 11.6. The number of rotatable bonds is 7. The van der Waals surface area contributed by atoms with Gasteiger partial charge in [0.25, 0.3) is 11.8 Å². The number of imidazole rings is 1. The molecule has 0 aliphatic carbocycles. The lowest BCUT2D eigenvalue weighted by Gasteiger charge is -2.18. The van der Waals surface area contributed by atoms with Crippen LogP contribution in [-0.2, 0) is 22.8 Å². The molecule has 1 atom stereocenters. The highest BCUT2D eigenvalue weighted by Gasteiger charge is 2.32. The molecule has 2 aliphatic heterocycles. The Balaban J connectivity index is 1.74. The molecule has 1 aromatic heterocycles. The fourth-order valence-electron chi connectivity index (χ4n) is 3.72. The lowest BCUT2D eigenvalue weighted by atomic mass is 10.1. The molecule has 0 saturated carbocycles. The van der Waals surface area contributed by atoms with Crippen molar-refractivity contribution in [3.63, 3.8) is 0 Å². The largest absolute Gasteiger partial charge is 0.351 e. The molecule has 27 heavy (non-hydrogen) atoms. The van der Waals surface area contributed by atoms with Gasteiger partial charge >= 0.3 is 0 Å². The van der Waals surface area contributed by atoms with Crippen LogP contribution in [0.1, 0.15) is 72.3 Å². The molecule has 1 aromatic rings. The Bertz CT molecular complexity index is 816. The molecule has 3 heterocycles. The first kappa shape index (κ1) is 19.9. The molecular formula is C18H28N4O4S. The Morgan fingerprint density at radius 2 is 2.04 bits per heavy atom. The van der Waals surface area contributed by atoms with E-state index in [0.29, 0.717) is 25.2 Å². The van der Waals surface area contributed by atoms with Gasteiger partial charge in [-0.05, 0) is 32.1 Å². The van der Waals surface area contributed by atoms with Crippen LogP contribution >= 0.6 is 0 Å². The fraction of sp³-hybridized carbons (Fsp3) is 0.722. The molecule has 2 N–H and O–H groups in total. The fourth-order valence-corrected chi connectivity index (χ4v) is 5.39. The van der Waals surface area contributed by atoms with E-state index in [1.165, 1.54) is 0 Å². The summed E-state index contributed by atoms with van der Waals surface area (Å²) < 4.78 is 25.0. The monoisotopic (exact) mass is 396 g/mol. The standard InChI is InChI=1S/C18H28N4O4S/c1-2-3-5-9-19-17(23)15-14-7-4-6-10-22(14)16(21-15)18(24)20-13-8-11-27(25,26)12-13/h13H,2-12H2,1H3,(H,19,23)(H,20,24). The third kappa shape index (κ3) is 4.69. The molecule has 2 amide bonds. The van der Waals surface area contributed by atoms with Crippen LogP contribution in [0, 0.1) is 0 Å². The number of sulfone groups is 1. The first-order chi connectivity index (χ1) is 12.9. The summed E-state index contributed by atoms with van der Waals surface area (Å²) in [6.45, 7) is 3.35. The summed E-state index contributed by atoms with van der Waals surface area (Å²) in [5, 5.41) is 5.67. The summed E-state index contributed by atoms with van der Waals surface area (Å²) in [6.07, 6.45) is 6.09. The number of unbranched alkanes of at least 4 members (excludes halogenated alkanes) is 2. The molecule has 8 nitrogen and oxygen atoms in total. The van der Waals surface area contributed by atoms with Gasteiger partial charge in [-0.15, -0.1) is 0 Å². The zero-order chi connectivity index (χ0) is 19.4. The molecule has 1 fully saturated rings. The van der Waals surface area contributed by atoms with Gasteiger partial charge in [-0.25, -0.2) is 13.4 Å². The predicted octanol–water partition coefficient (Wildman–Crippen LogP) is 1.06. The van der Waals surface area contributed by atoms with Gasteiger partial charge in [0.2, 0.25) is 0 Å². The number of hydrogen-bond acceptors (Lipinski definition) is 5. The number of carbonyl (C=O) groups excluding carboxylic acids is 2. The van der Waals surface area contributed by atoms with Crippen molar-refractivity contribution in [2.24, 2.45) is 0 Å². The van der Waals surface area contributed by atoms with Gasteiger partial charge < -0.3 is 15.2 Å². The maximum absolute atomic E-state index is 12.7. The van der Waals surface area contributed by atoms with E-state index in [2.05, 4.69) is 22.5 Å². The van der Waals surface area contributed by atoms with Crippen molar-refractivity contribution < 1.29 is 18.0 Å². The van der Waals surface area contributed by atoms with E-state index in [4.69, 9.17) is 0 Å². The summed E-state index contributed by atoms with van der Waals surface area (Å²) in [5.74, 6) is -0.350. The Labute approximate surface area is 160 Å². The second kappa shape index (κ2) is 8.41. The second-order valence-corrected chi connectivity index (χ2v) is 9.60. The van der Waals surface area contributed by atoms with Crippen LogP contribution < -0.4 is 10.6 Å². The molecule has 3 rings (SSSR count). The third-order valence-electron chi connectivity index (χ3n) is 5.17. The SMILES string of the molecule is CCCCCNC(=O)c1nc(C(=O)NC2CCS(=O)(=O)C2)n2c1CCCC2. The maximum atomic E-state index is 12.7. The van der Waals surface area contributed by atoms with Gasteiger partial charge in [-0.2, -0.15) is 0 Å². The Morgan fingerprint density at radius 1 is 1.22 bits per heavy atom. The summed E-state index contributed by atoms with van der Waals surface area (Å²) in [7, 11) is -3.07. The number of hydrogen-bond donors (Lipinski definition) is 2. The first-order valence-electron chi connectivity index (χ1n) is 9.80. The molecule has 0 bridgehead atoms. The van der Waals surface area contributed by atoms with E-state index < -0.39 is 15.7 Å². The van der Waals surface area contributed by atoms with Gasteiger partial charge in [-0.3, -0.25) is 9.59 Å². The van der Waals surface area contributed by atoms with E-state index in [1.807, 2.05) is 4.57 Å². The normalized spacial score (nSPS) is 20.9. The highest BCUT2D eigenvalue weighted by atomic mass is 32.2. The summed E-state index contributed by atoms with van der Waals surface area (Å²) >= 11 is 0. The van der Waals surface area contributed by atoms with E-state index in [1.54, 1.807) is 0 Å². The Kier molecular flexibility index (Phi) is 6.18. The minimum Gasteiger partial charge on any atom is -0.351 e. The van der Waals surface area contributed by atoms with Crippen molar-refractivity contribution in [2.45, 2.75) is 64.5 Å². The molecule has 0 radical (unpaired) electrons. The number of nitrogens with zero attached hydrogens (tertiary/aromatic N) is 2. The van der Waals surface area contributed by atoms with Crippen molar-refractivity contribution >= 4 is 21.7 Å². The Morgan fingerprint density at radius 3 is 2.74 bits per heavy atom. The van der Waals surface area contributed by atoms with E-state index in [0.717, 1.165) is 44.2 Å². The van der Waals surface area contributed by atoms with Crippen LogP contribution in [-0.4, -0.2) is 53.9 Å². The highest BCUT2D eigenvalue weighted by Crippen LogP contribution is 2.22. The number of amides is 2. The van der Waals surface area contributed by atoms with Crippen molar-refractivity contribution in [3.8, 4) is 0 Å². The maximum Gasteiger partial charge on any atom is 0.287 e. The highest BCUT2D eigenvalue weighted by molar-refractivity contribution is 7.91. The summed E-state index contributed by atoms with van der Waals surface area (Å²) in [6, 6.07) is -0.384. The van der Waals surface area contributed by atoms with Gasteiger partial charge in [0.05, 0.1) is 17.2 Å². The molecule has 150 valence electrons. The molecular weight excluding hydrogens is 368 g/mol. The van der Waals surface area contributed by atoms with Crippen LogP contribution in [0.25, 0.3) is 0 Å². The molecule has 0 spiro atoms. The molecule has 2 aliphatic rings.